The van der Waals surface area contributed by atoms with Gasteiger partial charge in [-0.05, 0) is 32.1 Å². The minimum absolute atomic E-state index is 0.0763. The summed E-state index contributed by atoms with van der Waals surface area (Å²) in [5, 5.41) is 0. The van der Waals surface area contributed by atoms with Crippen molar-refractivity contribution in [1.29, 1.82) is 0 Å². The number of hydrogen-bond donors (Lipinski definition) is 0. The average Bonchev–Trinajstić information content (AvgIpc) is 2.34. The minimum Gasteiger partial charge on any atom is -0.459 e. The third kappa shape index (κ3) is 8.00. The minimum atomic E-state index is -0.193. The number of esters is 1. The van der Waals surface area contributed by atoms with Gasteiger partial charge in [0.05, 0.1) is 0 Å². The number of hydrogen-bond acceptors (Lipinski definition) is 2. The Hall–Kier alpha value is -0.790. The summed E-state index contributed by atoms with van der Waals surface area (Å²) >= 11 is 0. The van der Waals surface area contributed by atoms with Crippen molar-refractivity contribution in [1.82, 2.24) is 0 Å². The fraction of sp³-hybridized carbons (Fsp3) is 0.800. The number of carbonyl (C=O) groups excluding carboxylic acids is 1. The van der Waals surface area contributed by atoms with E-state index >= 15 is 0 Å². The van der Waals surface area contributed by atoms with E-state index in [1.165, 1.54) is 12.8 Å². The molecule has 0 saturated carbocycles. The van der Waals surface area contributed by atoms with Crippen molar-refractivity contribution in [2.45, 2.75) is 78.2 Å². The zero-order valence-electron chi connectivity index (χ0n) is 11.8. The molecule has 0 N–H and O–H groups in total. The fourth-order valence-electron chi connectivity index (χ4n) is 1.70. The molecule has 0 heterocycles. The molecule has 2 nitrogen and oxygen atoms in total. The highest BCUT2D eigenvalue weighted by atomic mass is 16.5. The summed E-state index contributed by atoms with van der Waals surface area (Å²) in [5.41, 5.74) is 0.626. The van der Waals surface area contributed by atoms with Gasteiger partial charge in [0.15, 0.2) is 0 Å². The monoisotopic (exact) mass is 240 g/mol. The first-order chi connectivity index (χ1) is 8.15. The van der Waals surface area contributed by atoms with Crippen LogP contribution in [0.15, 0.2) is 12.2 Å². The molecule has 0 radical (unpaired) electrons. The molecule has 0 aliphatic heterocycles. The molecule has 0 bridgehead atoms. The summed E-state index contributed by atoms with van der Waals surface area (Å²) in [5.74, 6) is -0.193. The van der Waals surface area contributed by atoms with Crippen LogP contribution in [0.4, 0.5) is 0 Å². The van der Waals surface area contributed by atoms with Crippen molar-refractivity contribution in [3.05, 3.63) is 12.2 Å². The van der Waals surface area contributed by atoms with Crippen LogP contribution >= 0.6 is 0 Å². The zero-order chi connectivity index (χ0) is 13.1. The lowest BCUT2D eigenvalue weighted by Crippen LogP contribution is -2.18. The van der Waals surface area contributed by atoms with Crippen LogP contribution in [0.3, 0.4) is 0 Å². The van der Waals surface area contributed by atoms with E-state index in [0.717, 1.165) is 38.5 Å². The molecular weight excluding hydrogens is 212 g/mol. The van der Waals surface area contributed by atoms with Gasteiger partial charge < -0.3 is 4.74 Å². The molecule has 0 aromatic heterocycles. The van der Waals surface area contributed by atoms with E-state index in [4.69, 9.17) is 4.74 Å². The second kappa shape index (κ2) is 10.4. The van der Waals surface area contributed by atoms with Gasteiger partial charge in [-0.3, -0.25) is 0 Å². The highest BCUT2D eigenvalue weighted by Crippen LogP contribution is 2.14. The summed E-state index contributed by atoms with van der Waals surface area (Å²) in [6.07, 6.45) is 8.38. The largest absolute Gasteiger partial charge is 0.459 e. The smallest absolute Gasteiger partial charge is 0.333 e. The molecule has 2 heteroatoms. The van der Waals surface area contributed by atoms with Crippen molar-refractivity contribution >= 4 is 5.97 Å². The number of unbranched alkanes of at least 4 members (excludes halogenated alkanes) is 3. The van der Waals surface area contributed by atoms with Gasteiger partial charge in [0, 0.05) is 5.57 Å². The van der Waals surface area contributed by atoms with Crippen molar-refractivity contribution < 1.29 is 9.53 Å². The Bertz CT molecular complexity index is 221. The number of rotatable bonds is 10. The highest BCUT2D eigenvalue weighted by Gasteiger charge is 2.14. The normalized spacial score (nSPS) is 12.2. The van der Waals surface area contributed by atoms with Crippen LogP contribution in [0.1, 0.15) is 72.1 Å². The molecule has 17 heavy (non-hydrogen) atoms. The van der Waals surface area contributed by atoms with E-state index in [1.54, 1.807) is 0 Å². The Balaban J connectivity index is 3.91. The Morgan fingerprint density at radius 2 is 1.76 bits per heavy atom. The highest BCUT2D eigenvalue weighted by molar-refractivity contribution is 5.87. The molecule has 100 valence electrons. The second-order valence-electron chi connectivity index (χ2n) is 4.64. The molecule has 0 saturated heterocycles. The number of ether oxygens (including phenoxy) is 1. The summed E-state index contributed by atoms with van der Waals surface area (Å²) in [6, 6.07) is 0. The molecule has 0 spiro atoms. The standard InChI is InChI=1S/C15H28O2/c1-5-8-10-12-14(7-3)17-15(16)13(4)11-9-6-2/h14H,4-12H2,1-3H3. The summed E-state index contributed by atoms with van der Waals surface area (Å²) in [6.45, 7) is 10.2. The predicted octanol–water partition coefficient (Wildman–Crippen LogP) is 4.63. The molecule has 0 rings (SSSR count). The Labute approximate surface area is 106 Å². The molecule has 1 unspecified atom stereocenters. The zero-order valence-corrected chi connectivity index (χ0v) is 11.8. The van der Waals surface area contributed by atoms with E-state index in [-0.39, 0.29) is 12.1 Å². The van der Waals surface area contributed by atoms with E-state index in [2.05, 4.69) is 27.4 Å². The topological polar surface area (TPSA) is 26.3 Å². The molecular formula is C15H28O2. The lowest BCUT2D eigenvalue weighted by Gasteiger charge is -2.16. The quantitative estimate of drug-likeness (QED) is 0.316. The number of carbonyl (C=O) groups is 1. The lowest BCUT2D eigenvalue weighted by molar-refractivity contribution is -0.145. The van der Waals surface area contributed by atoms with Gasteiger partial charge in [0.1, 0.15) is 6.10 Å². The Morgan fingerprint density at radius 1 is 1.12 bits per heavy atom. The molecule has 0 fully saturated rings. The summed E-state index contributed by atoms with van der Waals surface area (Å²) in [4.78, 5) is 11.7. The SMILES string of the molecule is C=C(CCCC)C(=O)OC(CC)CCCCC. The van der Waals surface area contributed by atoms with Crippen molar-refractivity contribution in [2.75, 3.05) is 0 Å². The molecule has 0 amide bonds. The van der Waals surface area contributed by atoms with E-state index in [0.29, 0.717) is 5.57 Å². The van der Waals surface area contributed by atoms with Crippen molar-refractivity contribution in [2.24, 2.45) is 0 Å². The third-order valence-corrected chi connectivity index (χ3v) is 2.98. The predicted molar refractivity (Wildman–Crippen MR) is 73.0 cm³/mol. The molecule has 0 aromatic rings. The summed E-state index contributed by atoms with van der Waals surface area (Å²) < 4.78 is 5.47. The van der Waals surface area contributed by atoms with Crippen LogP contribution in [-0.4, -0.2) is 12.1 Å². The van der Waals surface area contributed by atoms with Crippen LogP contribution in [0, 0.1) is 0 Å². The first kappa shape index (κ1) is 16.2. The Morgan fingerprint density at radius 3 is 2.29 bits per heavy atom. The van der Waals surface area contributed by atoms with E-state index in [1.807, 2.05) is 0 Å². The van der Waals surface area contributed by atoms with Gasteiger partial charge in [0.25, 0.3) is 0 Å². The van der Waals surface area contributed by atoms with E-state index in [9.17, 15) is 4.79 Å². The van der Waals surface area contributed by atoms with Gasteiger partial charge in [-0.1, -0.05) is 46.6 Å². The Kier molecular flexibility index (Phi) is 9.89. The molecule has 0 aliphatic rings. The maximum absolute atomic E-state index is 11.7. The van der Waals surface area contributed by atoms with Gasteiger partial charge >= 0.3 is 5.97 Å². The second-order valence-corrected chi connectivity index (χ2v) is 4.64. The van der Waals surface area contributed by atoms with Crippen LogP contribution in [-0.2, 0) is 9.53 Å². The van der Waals surface area contributed by atoms with Crippen LogP contribution in [0.5, 0.6) is 0 Å². The van der Waals surface area contributed by atoms with Crippen LogP contribution in [0.25, 0.3) is 0 Å². The van der Waals surface area contributed by atoms with Crippen LogP contribution < -0.4 is 0 Å². The van der Waals surface area contributed by atoms with Gasteiger partial charge in [-0.25, -0.2) is 4.79 Å². The van der Waals surface area contributed by atoms with Crippen molar-refractivity contribution in [3.63, 3.8) is 0 Å². The maximum Gasteiger partial charge on any atom is 0.333 e. The average molecular weight is 240 g/mol. The molecule has 0 aromatic carbocycles. The first-order valence-electron chi connectivity index (χ1n) is 7.04. The third-order valence-electron chi connectivity index (χ3n) is 2.98. The lowest BCUT2D eigenvalue weighted by atomic mass is 10.1. The van der Waals surface area contributed by atoms with Gasteiger partial charge in [-0.15, -0.1) is 0 Å². The fourth-order valence-corrected chi connectivity index (χ4v) is 1.70. The van der Waals surface area contributed by atoms with E-state index < -0.39 is 0 Å². The van der Waals surface area contributed by atoms with Crippen LogP contribution in [0.2, 0.25) is 0 Å². The van der Waals surface area contributed by atoms with Gasteiger partial charge in [0.2, 0.25) is 0 Å². The summed E-state index contributed by atoms with van der Waals surface area (Å²) in [7, 11) is 0. The molecule has 0 aliphatic carbocycles. The van der Waals surface area contributed by atoms with Gasteiger partial charge in [-0.2, -0.15) is 0 Å². The molecule has 1 atom stereocenters. The van der Waals surface area contributed by atoms with Crippen molar-refractivity contribution in [3.8, 4) is 0 Å². The first-order valence-corrected chi connectivity index (χ1v) is 7.04. The maximum atomic E-state index is 11.7.